The number of allylic oxidation sites excluding steroid dienone is 4. The van der Waals surface area contributed by atoms with Crippen LogP contribution < -0.4 is 0 Å². The van der Waals surface area contributed by atoms with E-state index in [0.717, 1.165) is 6.54 Å². The maximum atomic E-state index is 4.74. The van der Waals surface area contributed by atoms with Crippen molar-refractivity contribution in [1.82, 2.24) is 0 Å². The van der Waals surface area contributed by atoms with Gasteiger partial charge in [0.15, 0.2) is 0 Å². The Morgan fingerprint density at radius 2 is 1.95 bits per heavy atom. The monoisotopic (exact) mass is 267 g/mol. The van der Waals surface area contributed by atoms with E-state index in [4.69, 9.17) is 4.99 Å². The largest absolute Gasteiger partial charge is 0.289 e. The molecule has 1 atom stereocenters. The first-order valence-corrected chi connectivity index (χ1v) is 7.60. The Balaban J connectivity index is 2.32. The zero-order chi connectivity index (χ0) is 14.5. The lowest BCUT2D eigenvalue weighted by Gasteiger charge is -2.16. The molecule has 0 spiro atoms. The predicted molar refractivity (Wildman–Crippen MR) is 88.7 cm³/mol. The van der Waals surface area contributed by atoms with Gasteiger partial charge in [-0.1, -0.05) is 60.9 Å². The molecule has 0 saturated carbocycles. The molecule has 1 unspecified atom stereocenters. The number of unbranched alkanes of at least 4 members (excludes halogenated alkanes) is 1. The highest BCUT2D eigenvalue weighted by atomic mass is 14.7. The van der Waals surface area contributed by atoms with Crippen molar-refractivity contribution >= 4 is 5.71 Å². The lowest BCUT2D eigenvalue weighted by atomic mass is 9.89. The average molecular weight is 267 g/mol. The Labute approximate surface area is 123 Å². The van der Waals surface area contributed by atoms with E-state index in [-0.39, 0.29) is 0 Å². The van der Waals surface area contributed by atoms with Crippen LogP contribution in [0.1, 0.15) is 57.6 Å². The minimum Gasteiger partial charge on any atom is -0.289 e. The lowest BCUT2D eigenvalue weighted by molar-refractivity contribution is 0.807. The molecule has 106 valence electrons. The number of aliphatic imine (C=N–C) groups is 1. The van der Waals surface area contributed by atoms with E-state index in [2.05, 4.69) is 64.1 Å². The summed E-state index contributed by atoms with van der Waals surface area (Å²) < 4.78 is 0. The fourth-order valence-electron chi connectivity index (χ4n) is 2.81. The van der Waals surface area contributed by atoms with Crippen molar-refractivity contribution in [1.29, 1.82) is 0 Å². The van der Waals surface area contributed by atoms with Gasteiger partial charge in [0.2, 0.25) is 0 Å². The van der Waals surface area contributed by atoms with E-state index in [1.54, 1.807) is 0 Å². The van der Waals surface area contributed by atoms with Gasteiger partial charge < -0.3 is 0 Å². The van der Waals surface area contributed by atoms with E-state index in [1.165, 1.54) is 40.8 Å². The Hall–Kier alpha value is -1.63. The van der Waals surface area contributed by atoms with Gasteiger partial charge in [0.05, 0.1) is 0 Å². The topological polar surface area (TPSA) is 12.4 Å². The molecule has 0 N–H and O–H groups in total. The molecule has 0 saturated heterocycles. The Morgan fingerprint density at radius 3 is 2.60 bits per heavy atom. The second kappa shape index (κ2) is 6.69. The van der Waals surface area contributed by atoms with Gasteiger partial charge in [-0.25, -0.2) is 0 Å². The smallest absolute Gasteiger partial charge is 0.0392 e. The van der Waals surface area contributed by atoms with Gasteiger partial charge in [-0.2, -0.15) is 0 Å². The molecule has 2 rings (SSSR count). The first kappa shape index (κ1) is 14.8. The van der Waals surface area contributed by atoms with Crippen LogP contribution in [0.15, 0.2) is 52.6 Å². The highest BCUT2D eigenvalue weighted by molar-refractivity contribution is 6.00. The molecule has 0 amide bonds. The number of nitrogens with zero attached hydrogens (tertiary/aromatic N) is 1. The minimum absolute atomic E-state index is 0.419. The van der Waals surface area contributed by atoms with E-state index < -0.39 is 0 Å². The lowest BCUT2D eigenvalue weighted by Crippen LogP contribution is -2.05. The first-order chi connectivity index (χ1) is 9.63. The molecule has 1 aliphatic rings. The molecule has 0 heterocycles. The normalized spacial score (nSPS) is 19.0. The van der Waals surface area contributed by atoms with E-state index >= 15 is 0 Å². The van der Waals surface area contributed by atoms with Crippen LogP contribution in [-0.4, -0.2) is 12.3 Å². The molecule has 1 aromatic rings. The van der Waals surface area contributed by atoms with E-state index in [9.17, 15) is 0 Å². The highest BCUT2D eigenvalue weighted by Gasteiger charge is 2.19. The van der Waals surface area contributed by atoms with Crippen molar-refractivity contribution in [3.8, 4) is 0 Å². The Bertz CT molecular complexity index is 561. The summed E-state index contributed by atoms with van der Waals surface area (Å²) in [6, 6.07) is 8.69. The molecule has 1 aliphatic carbocycles. The van der Waals surface area contributed by atoms with Gasteiger partial charge in [0, 0.05) is 18.2 Å². The zero-order valence-corrected chi connectivity index (χ0v) is 13.1. The molecule has 1 aromatic carbocycles. The van der Waals surface area contributed by atoms with Gasteiger partial charge >= 0.3 is 0 Å². The van der Waals surface area contributed by atoms with Crippen LogP contribution in [0, 0.1) is 0 Å². The van der Waals surface area contributed by atoms with Crippen molar-refractivity contribution in [2.75, 3.05) is 6.54 Å². The van der Waals surface area contributed by atoms with E-state index in [1.807, 2.05) is 0 Å². The number of benzene rings is 1. The summed E-state index contributed by atoms with van der Waals surface area (Å²) in [5, 5.41) is 0. The maximum Gasteiger partial charge on any atom is 0.0392 e. The first-order valence-electron chi connectivity index (χ1n) is 7.60. The quantitative estimate of drug-likeness (QED) is 0.508. The van der Waals surface area contributed by atoms with Crippen molar-refractivity contribution in [2.45, 2.75) is 46.5 Å². The van der Waals surface area contributed by atoms with Crippen LogP contribution in [0.3, 0.4) is 0 Å². The molecule has 20 heavy (non-hydrogen) atoms. The predicted octanol–water partition coefficient (Wildman–Crippen LogP) is 5.29. The van der Waals surface area contributed by atoms with E-state index in [0.29, 0.717) is 5.92 Å². The van der Waals surface area contributed by atoms with Crippen LogP contribution in [-0.2, 0) is 0 Å². The van der Waals surface area contributed by atoms with Crippen LogP contribution in [0.5, 0.6) is 0 Å². The summed E-state index contributed by atoms with van der Waals surface area (Å²) in [6.07, 6.45) is 7.00. The third-order valence-electron chi connectivity index (χ3n) is 3.92. The van der Waals surface area contributed by atoms with Crippen LogP contribution in [0.25, 0.3) is 0 Å². The minimum atomic E-state index is 0.419. The molecule has 1 heteroatoms. The van der Waals surface area contributed by atoms with Crippen molar-refractivity contribution in [3.05, 3.63) is 58.7 Å². The molecular formula is C19H25N. The summed E-state index contributed by atoms with van der Waals surface area (Å²) in [6.45, 7) is 9.68. The van der Waals surface area contributed by atoms with Crippen molar-refractivity contribution < 1.29 is 0 Å². The van der Waals surface area contributed by atoms with Crippen LogP contribution >= 0.6 is 0 Å². The number of rotatable bonds is 5. The second-order valence-electron chi connectivity index (χ2n) is 5.68. The van der Waals surface area contributed by atoms with Crippen molar-refractivity contribution in [3.63, 3.8) is 0 Å². The highest BCUT2D eigenvalue weighted by Crippen LogP contribution is 2.34. The molecule has 0 radical (unpaired) electrons. The fourth-order valence-corrected chi connectivity index (χ4v) is 2.81. The summed E-state index contributed by atoms with van der Waals surface area (Å²) >= 11 is 0. The third-order valence-corrected chi connectivity index (χ3v) is 3.92. The summed E-state index contributed by atoms with van der Waals surface area (Å²) in [4.78, 5) is 4.74. The Morgan fingerprint density at radius 1 is 1.20 bits per heavy atom. The number of hydrogen-bond acceptors (Lipinski definition) is 1. The summed E-state index contributed by atoms with van der Waals surface area (Å²) in [7, 11) is 0. The fraction of sp³-hybridized carbons (Fsp3) is 0.421. The summed E-state index contributed by atoms with van der Waals surface area (Å²) in [5.74, 6) is 0.419. The van der Waals surface area contributed by atoms with Gasteiger partial charge in [-0.05, 0) is 38.3 Å². The SMILES string of the molecule is CCCCN=C(C)c1ccccc1C1C=C(C)C=C1C. The average Bonchev–Trinajstić information content (AvgIpc) is 2.78. The van der Waals surface area contributed by atoms with Crippen molar-refractivity contribution in [2.24, 2.45) is 4.99 Å². The van der Waals surface area contributed by atoms with Gasteiger partial charge in [0.1, 0.15) is 0 Å². The van der Waals surface area contributed by atoms with Crippen LogP contribution in [0.4, 0.5) is 0 Å². The molecule has 1 nitrogen and oxygen atoms in total. The molecule has 0 aromatic heterocycles. The standard InChI is InChI=1S/C19H25N/c1-5-6-11-20-16(4)17-9-7-8-10-18(17)19-13-14(2)12-15(19)3/h7-10,12-13,19H,5-6,11H2,1-4H3. The zero-order valence-electron chi connectivity index (χ0n) is 13.1. The second-order valence-corrected chi connectivity index (χ2v) is 5.68. The van der Waals surface area contributed by atoms with Gasteiger partial charge in [-0.15, -0.1) is 0 Å². The molecular weight excluding hydrogens is 242 g/mol. The Kier molecular flexibility index (Phi) is 4.94. The number of hydrogen-bond donors (Lipinski definition) is 0. The molecule has 0 bridgehead atoms. The summed E-state index contributed by atoms with van der Waals surface area (Å²) in [5.41, 5.74) is 6.64. The third kappa shape index (κ3) is 3.27. The van der Waals surface area contributed by atoms with Crippen LogP contribution in [0.2, 0.25) is 0 Å². The van der Waals surface area contributed by atoms with Gasteiger partial charge in [0.25, 0.3) is 0 Å². The molecule has 0 fully saturated rings. The maximum absolute atomic E-state index is 4.74. The molecule has 0 aliphatic heterocycles. The van der Waals surface area contributed by atoms with Gasteiger partial charge in [-0.3, -0.25) is 4.99 Å².